The van der Waals surface area contributed by atoms with Crippen LogP contribution < -0.4 is 11.1 Å². The molecule has 1 heterocycles. The van der Waals surface area contributed by atoms with E-state index in [0.717, 1.165) is 11.4 Å². The zero-order chi connectivity index (χ0) is 15.2. The molecule has 0 amide bonds. The van der Waals surface area contributed by atoms with Crippen molar-refractivity contribution in [2.75, 3.05) is 6.54 Å². The number of aromatic nitrogens is 2. The van der Waals surface area contributed by atoms with Crippen LogP contribution in [0.4, 0.5) is 4.39 Å². The Morgan fingerprint density at radius 1 is 1.55 bits per heavy atom. The van der Waals surface area contributed by atoms with Crippen molar-refractivity contribution in [2.24, 2.45) is 10.7 Å². The highest BCUT2D eigenvalue weighted by molar-refractivity contribution is 14.0. The van der Waals surface area contributed by atoms with Crippen LogP contribution in [-0.2, 0) is 6.54 Å². The van der Waals surface area contributed by atoms with Crippen LogP contribution in [0.5, 0.6) is 0 Å². The average molecular weight is 415 g/mol. The lowest BCUT2D eigenvalue weighted by Crippen LogP contribution is -2.31. The van der Waals surface area contributed by atoms with Crippen molar-refractivity contribution in [3.8, 4) is 5.69 Å². The van der Waals surface area contributed by atoms with Crippen LogP contribution >= 0.6 is 24.0 Å². The third-order valence-corrected chi connectivity index (χ3v) is 2.96. The highest BCUT2D eigenvalue weighted by atomic mass is 127. The van der Waals surface area contributed by atoms with Gasteiger partial charge in [0.15, 0.2) is 5.96 Å². The largest absolute Gasteiger partial charge is 0.370 e. The first-order valence-corrected chi connectivity index (χ1v) is 6.55. The van der Waals surface area contributed by atoms with Gasteiger partial charge in [0, 0.05) is 18.9 Å². The van der Waals surface area contributed by atoms with Gasteiger partial charge in [-0.15, -0.1) is 30.6 Å². The van der Waals surface area contributed by atoms with E-state index in [1.165, 1.54) is 6.07 Å². The maximum atomic E-state index is 14.2. The van der Waals surface area contributed by atoms with Gasteiger partial charge in [0.2, 0.25) is 0 Å². The van der Waals surface area contributed by atoms with E-state index < -0.39 is 0 Å². The first-order chi connectivity index (χ1) is 10.1. The summed E-state index contributed by atoms with van der Waals surface area (Å²) in [7, 11) is 0. The summed E-state index contributed by atoms with van der Waals surface area (Å²) >= 11 is 0. The fourth-order valence-corrected chi connectivity index (χ4v) is 1.89. The summed E-state index contributed by atoms with van der Waals surface area (Å²) in [6, 6.07) is 4.99. The molecule has 22 heavy (non-hydrogen) atoms. The van der Waals surface area contributed by atoms with Crippen molar-refractivity contribution >= 4 is 29.9 Å². The third kappa shape index (κ3) is 4.55. The van der Waals surface area contributed by atoms with Gasteiger partial charge >= 0.3 is 0 Å². The molecule has 0 saturated carbocycles. The van der Waals surface area contributed by atoms with Crippen molar-refractivity contribution < 1.29 is 4.39 Å². The quantitative estimate of drug-likeness (QED) is 0.341. The smallest absolute Gasteiger partial charge is 0.189 e. The molecule has 0 unspecified atom stereocenters. The molecule has 118 valence electrons. The Morgan fingerprint density at radius 3 is 2.91 bits per heavy atom. The standard InChI is InChI=1S/C15H18FN5.HI/c1-3-6-19-15(17)20-10-12-4-5-14(13(16)9-12)21-8-7-18-11(21)2;/h3-5,7-9H,1,6,10H2,2H3,(H3,17,19,20);1H. The van der Waals surface area contributed by atoms with E-state index in [-0.39, 0.29) is 29.8 Å². The molecule has 0 aliphatic carbocycles. The second-order valence-electron chi connectivity index (χ2n) is 4.50. The number of hydrogen-bond acceptors (Lipinski definition) is 2. The van der Waals surface area contributed by atoms with Crippen molar-refractivity contribution in [3.63, 3.8) is 0 Å². The molecule has 2 rings (SSSR count). The Morgan fingerprint density at radius 2 is 2.32 bits per heavy atom. The van der Waals surface area contributed by atoms with E-state index in [1.807, 2.05) is 13.0 Å². The van der Waals surface area contributed by atoms with Gasteiger partial charge in [-0.25, -0.2) is 14.4 Å². The number of benzene rings is 1. The van der Waals surface area contributed by atoms with E-state index in [4.69, 9.17) is 5.73 Å². The molecule has 0 radical (unpaired) electrons. The van der Waals surface area contributed by atoms with Crippen molar-refractivity contribution in [1.29, 1.82) is 0 Å². The highest BCUT2D eigenvalue weighted by Crippen LogP contribution is 2.17. The number of nitrogens with zero attached hydrogens (tertiary/aromatic N) is 3. The van der Waals surface area contributed by atoms with Gasteiger partial charge in [-0.1, -0.05) is 12.1 Å². The van der Waals surface area contributed by atoms with Crippen LogP contribution in [0.2, 0.25) is 0 Å². The summed E-state index contributed by atoms with van der Waals surface area (Å²) in [4.78, 5) is 8.22. The normalized spacial score (nSPS) is 10.9. The van der Waals surface area contributed by atoms with Crippen LogP contribution in [0.1, 0.15) is 11.4 Å². The summed E-state index contributed by atoms with van der Waals surface area (Å²) in [5.74, 6) is 0.726. The summed E-state index contributed by atoms with van der Waals surface area (Å²) in [5.41, 5.74) is 6.87. The van der Waals surface area contributed by atoms with Gasteiger partial charge in [0.1, 0.15) is 11.6 Å². The molecule has 1 aromatic carbocycles. The number of aryl methyl sites for hydroxylation is 1. The van der Waals surface area contributed by atoms with Gasteiger partial charge in [-0.2, -0.15) is 0 Å². The fourth-order valence-electron chi connectivity index (χ4n) is 1.89. The first kappa shape index (κ1) is 18.1. The van der Waals surface area contributed by atoms with Crippen molar-refractivity contribution in [2.45, 2.75) is 13.5 Å². The average Bonchev–Trinajstić information content (AvgIpc) is 2.89. The van der Waals surface area contributed by atoms with Gasteiger partial charge in [0.25, 0.3) is 0 Å². The molecule has 7 heteroatoms. The second-order valence-corrected chi connectivity index (χ2v) is 4.50. The number of hydrogen-bond donors (Lipinski definition) is 2. The lowest BCUT2D eigenvalue weighted by molar-refractivity contribution is 0.614. The molecule has 2 aromatic rings. The van der Waals surface area contributed by atoms with Crippen molar-refractivity contribution in [3.05, 3.63) is 60.5 Å². The Hall–Kier alpha value is -1.90. The molecule has 5 nitrogen and oxygen atoms in total. The van der Waals surface area contributed by atoms with E-state index in [1.54, 1.807) is 29.1 Å². The van der Waals surface area contributed by atoms with Crippen LogP contribution in [0, 0.1) is 12.7 Å². The summed E-state index contributed by atoms with van der Waals surface area (Å²) in [6.45, 7) is 6.26. The summed E-state index contributed by atoms with van der Waals surface area (Å²) in [6.07, 6.45) is 5.05. The monoisotopic (exact) mass is 415 g/mol. The first-order valence-electron chi connectivity index (χ1n) is 6.55. The minimum absolute atomic E-state index is 0. The lowest BCUT2D eigenvalue weighted by Gasteiger charge is -2.08. The van der Waals surface area contributed by atoms with E-state index in [9.17, 15) is 4.39 Å². The zero-order valence-electron chi connectivity index (χ0n) is 12.3. The Bertz CT molecular complexity index is 666. The molecule has 3 N–H and O–H groups in total. The minimum atomic E-state index is -0.318. The Balaban J connectivity index is 0.00000242. The number of nitrogens with two attached hydrogens (primary N) is 1. The molecule has 1 aromatic heterocycles. The Labute approximate surface area is 146 Å². The van der Waals surface area contributed by atoms with Gasteiger partial charge in [-0.05, 0) is 24.6 Å². The third-order valence-electron chi connectivity index (χ3n) is 2.96. The second kappa shape index (κ2) is 8.52. The summed E-state index contributed by atoms with van der Waals surface area (Å²) < 4.78 is 15.9. The van der Waals surface area contributed by atoms with E-state index >= 15 is 0 Å². The number of halogens is 2. The van der Waals surface area contributed by atoms with Crippen LogP contribution in [0.3, 0.4) is 0 Å². The molecule has 0 aliphatic rings. The predicted octanol–water partition coefficient (Wildman–Crippen LogP) is 2.53. The zero-order valence-corrected chi connectivity index (χ0v) is 14.6. The number of nitrogens with one attached hydrogen (secondary N) is 1. The Kier molecular flexibility index (Phi) is 7.03. The molecule has 0 bridgehead atoms. The molecule has 0 atom stereocenters. The maximum absolute atomic E-state index is 14.2. The number of imidazole rings is 1. The van der Waals surface area contributed by atoms with Crippen LogP contribution in [-0.4, -0.2) is 22.1 Å². The molecule has 0 saturated heterocycles. The highest BCUT2D eigenvalue weighted by Gasteiger charge is 2.07. The van der Waals surface area contributed by atoms with Gasteiger partial charge in [0.05, 0.1) is 12.2 Å². The SMILES string of the molecule is C=CCNC(N)=NCc1ccc(-n2ccnc2C)c(F)c1.I. The molecular formula is C15H19FIN5. The predicted molar refractivity (Wildman–Crippen MR) is 97.2 cm³/mol. The molecule has 0 aliphatic heterocycles. The van der Waals surface area contributed by atoms with Gasteiger partial charge in [-0.3, -0.25) is 0 Å². The maximum Gasteiger partial charge on any atom is 0.189 e. The van der Waals surface area contributed by atoms with E-state index in [2.05, 4.69) is 21.9 Å². The van der Waals surface area contributed by atoms with Gasteiger partial charge < -0.3 is 15.6 Å². The molecule has 0 fully saturated rings. The number of aliphatic imine (C=N–C) groups is 1. The number of guanidine groups is 1. The number of rotatable bonds is 5. The molecular weight excluding hydrogens is 396 g/mol. The van der Waals surface area contributed by atoms with Crippen LogP contribution in [0.25, 0.3) is 5.69 Å². The fraction of sp³-hybridized carbons (Fsp3) is 0.200. The minimum Gasteiger partial charge on any atom is -0.370 e. The lowest BCUT2D eigenvalue weighted by atomic mass is 10.2. The summed E-state index contributed by atoms with van der Waals surface area (Å²) in [5, 5.41) is 2.86. The topological polar surface area (TPSA) is 68.2 Å². The van der Waals surface area contributed by atoms with Crippen molar-refractivity contribution in [1.82, 2.24) is 14.9 Å². The molecule has 0 spiro atoms. The van der Waals surface area contributed by atoms with E-state index in [0.29, 0.717) is 24.7 Å². The van der Waals surface area contributed by atoms with Crippen LogP contribution in [0.15, 0.2) is 48.2 Å².